The third-order valence-electron chi connectivity index (χ3n) is 2.66. The minimum Gasteiger partial charge on any atom is -0.368 e. The maximum atomic E-state index is 5.62. The van der Waals surface area contributed by atoms with Crippen LogP contribution in [0.5, 0.6) is 0 Å². The number of benzene rings is 1. The first kappa shape index (κ1) is 11.4. The number of aryl methyl sites for hydroxylation is 1. The van der Waals surface area contributed by atoms with Gasteiger partial charge in [0.25, 0.3) is 0 Å². The summed E-state index contributed by atoms with van der Waals surface area (Å²) in [6.07, 6.45) is 1.68. The van der Waals surface area contributed by atoms with Crippen molar-refractivity contribution in [3.63, 3.8) is 0 Å². The van der Waals surface area contributed by atoms with Crippen LogP contribution in [0.4, 0.5) is 17.5 Å². The lowest BCUT2D eigenvalue weighted by Gasteiger charge is -2.23. The second-order valence-electron chi connectivity index (χ2n) is 3.80. The van der Waals surface area contributed by atoms with Gasteiger partial charge in [0.2, 0.25) is 5.95 Å². The summed E-state index contributed by atoms with van der Waals surface area (Å²) in [6.45, 7) is 5.01. The van der Waals surface area contributed by atoms with E-state index in [2.05, 4.69) is 40.8 Å². The number of aromatic nitrogens is 2. The molecule has 2 aromatic rings. The number of rotatable bonds is 3. The highest BCUT2D eigenvalue weighted by molar-refractivity contribution is 5.63. The maximum Gasteiger partial charge on any atom is 0.221 e. The molecule has 0 aliphatic heterocycles. The number of anilines is 3. The quantitative estimate of drug-likeness (QED) is 0.877. The van der Waals surface area contributed by atoms with Crippen LogP contribution in [-0.2, 0) is 0 Å². The van der Waals surface area contributed by atoms with Gasteiger partial charge in [-0.2, -0.15) is 4.98 Å². The van der Waals surface area contributed by atoms with E-state index in [4.69, 9.17) is 5.73 Å². The summed E-state index contributed by atoms with van der Waals surface area (Å²) in [5.41, 5.74) is 7.98. The molecule has 0 atom stereocenters. The average Bonchev–Trinajstić information content (AvgIpc) is 2.33. The highest BCUT2D eigenvalue weighted by Gasteiger charge is 2.10. The molecule has 1 heterocycles. The Hall–Kier alpha value is -2.10. The summed E-state index contributed by atoms with van der Waals surface area (Å²) in [6, 6.07) is 10.1. The van der Waals surface area contributed by atoms with Crippen molar-refractivity contribution in [1.29, 1.82) is 0 Å². The van der Waals surface area contributed by atoms with E-state index in [1.54, 1.807) is 6.20 Å². The lowest BCUT2D eigenvalue weighted by Crippen LogP contribution is -2.18. The maximum absolute atomic E-state index is 5.62. The molecule has 0 saturated carbocycles. The van der Waals surface area contributed by atoms with Gasteiger partial charge in [-0.15, -0.1) is 0 Å². The van der Waals surface area contributed by atoms with Gasteiger partial charge in [-0.1, -0.05) is 18.2 Å². The molecule has 0 bridgehead atoms. The molecule has 4 heteroatoms. The summed E-state index contributed by atoms with van der Waals surface area (Å²) in [5.74, 6) is 1.13. The van der Waals surface area contributed by atoms with Gasteiger partial charge >= 0.3 is 0 Å². The van der Waals surface area contributed by atoms with E-state index in [1.807, 2.05) is 18.2 Å². The first-order chi connectivity index (χ1) is 8.22. The van der Waals surface area contributed by atoms with Crippen LogP contribution in [-0.4, -0.2) is 16.5 Å². The highest BCUT2D eigenvalue weighted by Crippen LogP contribution is 2.26. The highest BCUT2D eigenvalue weighted by atomic mass is 15.2. The van der Waals surface area contributed by atoms with Gasteiger partial charge < -0.3 is 10.6 Å². The molecule has 0 spiro atoms. The minimum absolute atomic E-state index is 0.300. The second-order valence-corrected chi connectivity index (χ2v) is 3.80. The van der Waals surface area contributed by atoms with Crippen LogP contribution >= 0.6 is 0 Å². The molecule has 0 unspecified atom stereocenters. The zero-order valence-corrected chi connectivity index (χ0v) is 10.1. The standard InChI is InChI=1S/C13H16N4/c1-3-17(11-7-5-4-6-10(11)2)12-8-9-15-13(14)16-12/h4-9H,3H2,1-2H3,(H2,14,15,16). The third kappa shape index (κ3) is 2.36. The number of hydrogen-bond acceptors (Lipinski definition) is 4. The largest absolute Gasteiger partial charge is 0.368 e. The van der Waals surface area contributed by atoms with Crippen molar-refractivity contribution in [1.82, 2.24) is 9.97 Å². The second kappa shape index (κ2) is 4.82. The number of nitrogens with zero attached hydrogens (tertiary/aromatic N) is 3. The van der Waals surface area contributed by atoms with E-state index in [9.17, 15) is 0 Å². The first-order valence-electron chi connectivity index (χ1n) is 5.64. The van der Waals surface area contributed by atoms with Crippen molar-refractivity contribution in [2.45, 2.75) is 13.8 Å². The van der Waals surface area contributed by atoms with Crippen LogP contribution in [0.25, 0.3) is 0 Å². The Morgan fingerprint density at radius 2 is 2.00 bits per heavy atom. The van der Waals surface area contributed by atoms with E-state index in [0.717, 1.165) is 18.1 Å². The molecule has 0 saturated heterocycles. The molecule has 1 aromatic heterocycles. The Bertz CT molecular complexity index is 510. The average molecular weight is 228 g/mol. The molecule has 17 heavy (non-hydrogen) atoms. The molecule has 0 fully saturated rings. The predicted octanol–water partition coefficient (Wildman–Crippen LogP) is 2.53. The fourth-order valence-corrected chi connectivity index (χ4v) is 1.84. The Labute approximate surface area is 101 Å². The number of hydrogen-bond donors (Lipinski definition) is 1. The summed E-state index contributed by atoms with van der Waals surface area (Å²) in [7, 11) is 0. The van der Waals surface area contributed by atoms with Crippen molar-refractivity contribution >= 4 is 17.5 Å². The summed E-state index contributed by atoms with van der Waals surface area (Å²) >= 11 is 0. The fourth-order valence-electron chi connectivity index (χ4n) is 1.84. The molecular weight excluding hydrogens is 212 g/mol. The molecule has 0 aliphatic carbocycles. The topological polar surface area (TPSA) is 55.0 Å². The van der Waals surface area contributed by atoms with Crippen LogP contribution < -0.4 is 10.6 Å². The Morgan fingerprint density at radius 3 is 2.65 bits per heavy atom. The van der Waals surface area contributed by atoms with Gasteiger partial charge in [0.1, 0.15) is 5.82 Å². The normalized spacial score (nSPS) is 10.2. The smallest absolute Gasteiger partial charge is 0.221 e. The Kier molecular flexibility index (Phi) is 3.23. The van der Waals surface area contributed by atoms with Crippen molar-refractivity contribution in [3.8, 4) is 0 Å². The van der Waals surface area contributed by atoms with Crippen molar-refractivity contribution in [3.05, 3.63) is 42.1 Å². The van der Waals surface area contributed by atoms with Gasteiger partial charge in [-0.05, 0) is 31.5 Å². The van der Waals surface area contributed by atoms with Crippen LogP contribution in [0.15, 0.2) is 36.5 Å². The molecule has 2 N–H and O–H groups in total. The molecule has 0 amide bonds. The monoisotopic (exact) mass is 228 g/mol. The number of nitrogens with two attached hydrogens (primary N) is 1. The molecule has 2 rings (SSSR count). The van der Waals surface area contributed by atoms with Gasteiger partial charge in [-0.25, -0.2) is 4.98 Å². The van der Waals surface area contributed by atoms with Crippen LogP contribution in [0.2, 0.25) is 0 Å². The SMILES string of the molecule is CCN(c1ccnc(N)n1)c1ccccc1C. The Morgan fingerprint density at radius 1 is 1.24 bits per heavy atom. The predicted molar refractivity (Wildman–Crippen MR) is 70.3 cm³/mol. The third-order valence-corrected chi connectivity index (χ3v) is 2.66. The van der Waals surface area contributed by atoms with E-state index < -0.39 is 0 Å². The van der Waals surface area contributed by atoms with Gasteiger partial charge in [0, 0.05) is 18.4 Å². The van der Waals surface area contributed by atoms with E-state index in [0.29, 0.717) is 5.95 Å². The zero-order chi connectivity index (χ0) is 12.3. The molecule has 0 aliphatic rings. The number of nitrogen functional groups attached to an aromatic ring is 1. The first-order valence-corrected chi connectivity index (χ1v) is 5.64. The summed E-state index contributed by atoms with van der Waals surface area (Å²) in [4.78, 5) is 10.3. The molecule has 1 aromatic carbocycles. The van der Waals surface area contributed by atoms with Crippen LogP contribution in [0.1, 0.15) is 12.5 Å². The van der Waals surface area contributed by atoms with E-state index in [-0.39, 0.29) is 0 Å². The molecular formula is C13H16N4. The summed E-state index contributed by atoms with van der Waals surface area (Å²) in [5, 5.41) is 0. The lowest BCUT2D eigenvalue weighted by atomic mass is 10.2. The van der Waals surface area contributed by atoms with Gasteiger partial charge in [0.15, 0.2) is 0 Å². The van der Waals surface area contributed by atoms with Crippen LogP contribution in [0, 0.1) is 6.92 Å². The molecule has 4 nitrogen and oxygen atoms in total. The van der Waals surface area contributed by atoms with Gasteiger partial charge in [0.05, 0.1) is 0 Å². The summed E-state index contributed by atoms with van der Waals surface area (Å²) < 4.78 is 0. The lowest BCUT2D eigenvalue weighted by molar-refractivity contribution is 0.974. The molecule has 0 radical (unpaired) electrons. The van der Waals surface area contributed by atoms with Gasteiger partial charge in [-0.3, -0.25) is 0 Å². The van der Waals surface area contributed by atoms with Crippen molar-refractivity contribution < 1.29 is 0 Å². The minimum atomic E-state index is 0.300. The van der Waals surface area contributed by atoms with E-state index in [1.165, 1.54) is 5.56 Å². The Balaban J connectivity index is 2.44. The van der Waals surface area contributed by atoms with Crippen molar-refractivity contribution in [2.24, 2.45) is 0 Å². The van der Waals surface area contributed by atoms with Crippen LogP contribution in [0.3, 0.4) is 0 Å². The fraction of sp³-hybridized carbons (Fsp3) is 0.231. The van der Waals surface area contributed by atoms with Crippen molar-refractivity contribution in [2.75, 3.05) is 17.2 Å². The molecule has 88 valence electrons. The number of para-hydroxylation sites is 1. The van der Waals surface area contributed by atoms with E-state index >= 15 is 0 Å². The zero-order valence-electron chi connectivity index (χ0n) is 10.1.